The van der Waals surface area contributed by atoms with Crippen LogP contribution in [-0.4, -0.2) is 29.1 Å². The zero-order valence-electron chi connectivity index (χ0n) is 14.9. The van der Waals surface area contributed by atoms with Gasteiger partial charge in [0.15, 0.2) is 0 Å². The SMILES string of the molecule is O=C(CN1Cc2ccccc2O[C@@H](c2ccccc2)C1)NCc1ccon1. The number of fused-ring (bicyclic) bond motifs is 1. The molecule has 0 saturated heterocycles. The Kier molecular flexibility index (Phi) is 5.16. The molecule has 0 spiro atoms. The Morgan fingerprint density at radius 3 is 2.74 bits per heavy atom. The highest BCUT2D eigenvalue weighted by atomic mass is 16.5. The lowest BCUT2D eigenvalue weighted by atomic mass is 10.1. The van der Waals surface area contributed by atoms with Gasteiger partial charge in [-0.1, -0.05) is 53.7 Å². The predicted molar refractivity (Wildman–Crippen MR) is 99.9 cm³/mol. The summed E-state index contributed by atoms with van der Waals surface area (Å²) in [6, 6.07) is 19.8. The van der Waals surface area contributed by atoms with E-state index in [1.165, 1.54) is 6.26 Å². The molecule has 0 saturated carbocycles. The van der Waals surface area contributed by atoms with Gasteiger partial charge in [-0.3, -0.25) is 9.69 Å². The Bertz CT molecular complexity index is 881. The van der Waals surface area contributed by atoms with E-state index in [0.717, 1.165) is 16.9 Å². The third-order valence-corrected chi connectivity index (χ3v) is 4.56. The number of carbonyl (C=O) groups excluding carboxylic acids is 1. The normalized spacial score (nSPS) is 16.8. The van der Waals surface area contributed by atoms with Gasteiger partial charge in [0.1, 0.15) is 23.8 Å². The van der Waals surface area contributed by atoms with E-state index >= 15 is 0 Å². The van der Waals surface area contributed by atoms with Crippen LogP contribution in [0.15, 0.2) is 71.4 Å². The van der Waals surface area contributed by atoms with Crippen molar-refractivity contribution in [2.45, 2.75) is 19.2 Å². The average molecular weight is 363 g/mol. The van der Waals surface area contributed by atoms with E-state index in [4.69, 9.17) is 9.26 Å². The van der Waals surface area contributed by atoms with Crippen LogP contribution >= 0.6 is 0 Å². The fraction of sp³-hybridized carbons (Fsp3) is 0.238. The lowest BCUT2D eigenvalue weighted by Crippen LogP contribution is -2.38. The van der Waals surface area contributed by atoms with Crippen molar-refractivity contribution in [3.05, 3.63) is 83.7 Å². The number of aromatic nitrogens is 1. The highest BCUT2D eigenvalue weighted by Crippen LogP contribution is 2.30. The lowest BCUT2D eigenvalue weighted by Gasteiger charge is -2.23. The number of hydrogen-bond acceptors (Lipinski definition) is 5. The van der Waals surface area contributed by atoms with Crippen molar-refractivity contribution < 1.29 is 14.1 Å². The molecule has 0 aliphatic carbocycles. The van der Waals surface area contributed by atoms with Gasteiger partial charge in [-0.05, 0) is 11.6 Å². The van der Waals surface area contributed by atoms with Crippen molar-refractivity contribution in [3.8, 4) is 5.75 Å². The van der Waals surface area contributed by atoms with Gasteiger partial charge in [0, 0.05) is 24.7 Å². The zero-order chi connectivity index (χ0) is 18.5. The Morgan fingerprint density at radius 2 is 1.93 bits per heavy atom. The molecule has 4 rings (SSSR count). The molecule has 1 aliphatic rings. The molecule has 1 aliphatic heterocycles. The molecule has 6 nitrogen and oxygen atoms in total. The van der Waals surface area contributed by atoms with E-state index in [1.807, 2.05) is 42.5 Å². The zero-order valence-corrected chi connectivity index (χ0v) is 14.9. The van der Waals surface area contributed by atoms with E-state index in [2.05, 4.69) is 27.5 Å². The number of para-hydroxylation sites is 1. The maximum Gasteiger partial charge on any atom is 0.234 e. The minimum atomic E-state index is -0.127. The summed E-state index contributed by atoms with van der Waals surface area (Å²) < 4.78 is 11.1. The fourth-order valence-electron chi connectivity index (χ4n) is 3.22. The molecule has 1 atom stereocenters. The molecule has 27 heavy (non-hydrogen) atoms. The van der Waals surface area contributed by atoms with Crippen molar-refractivity contribution in [2.24, 2.45) is 0 Å². The molecule has 2 aromatic carbocycles. The van der Waals surface area contributed by atoms with Crippen molar-refractivity contribution in [1.82, 2.24) is 15.4 Å². The summed E-state index contributed by atoms with van der Waals surface area (Å²) in [6.07, 6.45) is 1.37. The molecule has 0 unspecified atom stereocenters. The van der Waals surface area contributed by atoms with E-state index in [-0.39, 0.29) is 12.0 Å². The standard InChI is InChI=1S/C21H21N3O3/c25-21(22-12-18-10-11-26-23-18)15-24-13-17-8-4-5-9-19(17)27-20(14-24)16-6-2-1-3-7-16/h1-11,20H,12-15H2,(H,22,25)/t20-/m1/s1. The summed E-state index contributed by atoms with van der Waals surface area (Å²) >= 11 is 0. The average Bonchev–Trinajstić information content (AvgIpc) is 3.14. The molecule has 6 heteroatoms. The molecule has 0 bridgehead atoms. The fourth-order valence-corrected chi connectivity index (χ4v) is 3.22. The second-order valence-electron chi connectivity index (χ2n) is 6.56. The van der Waals surface area contributed by atoms with Crippen LogP contribution in [-0.2, 0) is 17.9 Å². The largest absolute Gasteiger partial charge is 0.484 e. The summed E-state index contributed by atoms with van der Waals surface area (Å²) in [5.74, 6) is 0.820. The topological polar surface area (TPSA) is 67.6 Å². The van der Waals surface area contributed by atoms with Crippen LogP contribution in [0.5, 0.6) is 5.75 Å². The maximum absolute atomic E-state index is 12.4. The minimum Gasteiger partial charge on any atom is -0.484 e. The first-order valence-electron chi connectivity index (χ1n) is 8.96. The Labute approximate surface area is 157 Å². The first-order valence-corrected chi connectivity index (χ1v) is 8.96. The molecule has 2 heterocycles. The summed E-state index contributed by atoms with van der Waals surface area (Å²) in [6.45, 7) is 1.95. The molecule has 1 aromatic heterocycles. The molecule has 0 fully saturated rings. The van der Waals surface area contributed by atoms with Crippen LogP contribution in [0.1, 0.15) is 22.9 Å². The molecule has 138 valence electrons. The van der Waals surface area contributed by atoms with E-state index < -0.39 is 0 Å². The number of rotatable bonds is 5. The van der Waals surface area contributed by atoms with Crippen molar-refractivity contribution >= 4 is 5.91 Å². The summed E-state index contributed by atoms with van der Waals surface area (Å²) in [5.41, 5.74) is 2.89. The van der Waals surface area contributed by atoms with Gasteiger partial charge >= 0.3 is 0 Å². The Morgan fingerprint density at radius 1 is 1.11 bits per heavy atom. The van der Waals surface area contributed by atoms with Crippen LogP contribution < -0.4 is 10.1 Å². The highest BCUT2D eigenvalue weighted by Gasteiger charge is 2.25. The first-order chi connectivity index (χ1) is 13.3. The van der Waals surface area contributed by atoms with Crippen LogP contribution in [0, 0.1) is 0 Å². The van der Waals surface area contributed by atoms with Gasteiger partial charge in [-0.15, -0.1) is 0 Å². The number of benzene rings is 2. The number of carbonyl (C=O) groups is 1. The van der Waals surface area contributed by atoms with Crippen LogP contribution in [0.25, 0.3) is 0 Å². The van der Waals surface area contributed by atoms with Crippen LogP contribution in [0.4, 0.5) is 0 Å². The maximum atomic E-state index is 12.4. The van der Waals surface area contributed by atoms with Gasteiger partial charge in [0.25, 0.3) is 0 Å². The van der Waals surface area contributed by atoms with Gasteiger partial charge in [0.05, 0.1) is 13.1 Å². The summed E-state index contributed by atoms with van der Waals surface area (Å²) in [7, 11) is 0. The van der Waals surface area contributed by atoms with E-state index in [9.17, 15) is 4.79 Å². The minimum absolute atomic E-state index is 0.0517. The van der Waals surface area contributed by atoms with Gasteiger partial charge in [-0.2, -0.15) is 0 Å². The van der Waals surface area contributed by atoms with Gasteiger partial charge in [-0.25, -0.2) is 0 Å². The lowest BCUT2D eigenvalue weighted by molar-refractivity contribution is -0.122. The van der Waals surface area contributed by atoms with Crippen molar-refractivity contribution in [2.75, 3.05) is 13.1 Å². The van der Waals surface area contributed by atoms with Crippen LogP contribution in [0.2, 0.25) is 0 Å². The summed E-state index contributed by atoms with van der Waals surface area (Å²) in [4.78, 5) is 14.5. The number of ether oxygens (including phenoxy) is 1. The van der Waals surface area contributed by atoms with E-state index in [0.29, 0.717) is 31.9 Å². The van der Waals surface area contributed by atoms with Crippen molar-refractivity contribution in [1.29, 1.82) is 0 Å². The quantitative estimate of drug-likeness (QED) is 0.755. The second kappa shape index (κ2) is 8.05. The number of amides is 1. The summed E-state index contributed by atoms with van der Waals surface area (Å²) in [5, 5.41) is 6.70. The number of hydrogen-bond donors (Lipinski definition) is 1. The van der Waals surface area contributed by atoms with E-state index in [1.54, 1.807) is 6.07 Å². The molecular formula is C21H21N3O3. The predicted octanol–water partition coefficient (Wildman–Crippen LogP) is 2.93. The smallest absolute Gasteiger partial charge is 0.234 e. The number of nitrogens with zero attached hydrogens (tertiary/aromatic N) is 2. The highest BCUT2D eigenvalue weighted by molar-refractivity contribution is 5.78. The molecule has 1 amide bonds. The molecular weight excluding hydrogens is 342 g/mol. The second-order valence-corrected chi connectivity index (χ2v) is 6.56. The third kappa shape index (κ3) is 4.35. The number of nitrogens with one attached hydrogen (secondary N) is 1. The van der Waals surface area contributed by atoms with Gasteiger partial charge in [0.2, 0.25) is 5.91 Å². The Hall–Kier alpha value is -3.12. The Balaban J connectivity index is 1.48. The first kappa shape index (κ1) is 17.3. The molecule has 0 radical (unpaired) electrons. The van der Waals surface area contributed by atoms with Gasteiger partial charge < -0.3 is 14.6 Å². The molecule has 1 N–H and O–H groups in total. The monoisotopic (exact) mass is 363 g/mol. The van der Waals surface area contributed by atoms with Crippen LogP contribution in [0.3, 0.4) is 0 Å². The molecule has 3 aromatic rings. The van der Waals surface area contributed by atoms with Crippen molar-refractivity contribution in [3.63, 3.8) is 0 Å². The third-order valence-electron chi connectivity index (χ3n) is 4.56.